The van der Waals surface area contributed by atoms with Gasteiger partial charge in [-0.1, -0.05) is 38.3 Å². The molecule has 0 bridgehead atoms. The van der Waals surface area contributed by atoms with E-state index in [9.17, 15) is 4.79 Å². The van der Waals surface area contributed by atoms with Gasteiger partial charge in [0.25, 0.3) is 0 Å². The van der Waals surface area contributed by atoms with Gasteiger partial charge in [0, 0.05) is 25.8 Å². The molecule has 1 aliphatic rings. The van der Waals surface area contributed by atoms with Crippen LogP contribution in [0.5, 0.6) is 5.75 Å². The van der Waals surface area contributed by atoms with Crippen molar-refractivity contribution in [2.45, 2.75) is 65.5 Å². The van der Waals surface area contributed by atoms with Crippen molar-refractivity contribution < 1.29 is 14.3 Å². The molecule has 180 valence electrons. The van der Waals surface area contributed by atoms with Crippen molar-refractivity contribution in [2.75, 3.05) is 31.6 Å². The number of likely N-dealkylation sites (tertiary alicyclic amines) is 1. The van der Waals surface area contributed by atoms with E-state index in [1.807, 2.05) is 13.8 Å². The van der Waals surface area contributed by atoms with Crippen LogP contribution in [0.1, 0.15) is 68.8 Å². The number of unbranched alkanes of at least 4 members (excludes halogenated alkanes) is 3. The molecule has 0 amide bonds. The number of anilines is 1. The van der Waals surface area contributed by atoms with E-state index in [4.69, 9.17) is 9.47 Å². The summed E-state index contributed by atoms with van der Waals surface area (Å²) in [5.74, 6) is 1.75. The second-order valence-electron chi connectivity index (χ2n) is 9.18. The van der Waals surface area contributed by atoms with Crippen LogP contribution in [0.2, 0.25) is 0 Å². The third-order valence-electron chi connectivity index (χ3n) is 5.89. The number of aromatic nitrogens is 1. The van der Waals surface area contributed by atoms with Gasteiger partial charge in [0.05, 0.1) is 12.7 Å². The molecule has 0 aliphatic carbocycles. The van der Waals surface area contributed by atoms with Crippen molar-refractivity contribution >= 4 is 11.8 Å². The lowest BCUT2D eigenvalue weighted by Crippen LogP contribution is -2.23. The Morgan fingerprint density at radius 1 is 1.18 bits per heavy atom. The molecular formula is C27H39N3O3. The van der Waals surface area contributed by atoms with Crippen LogP contribution < -0.4 is 10.1 Å². The highest BCUT2D eigenvalue weighted by Gasteiger charge is 2.23. The van der Waals surface area contributed by atoms with Crippen molar-refractivity contribution in [3.8, 4) is 5.75 Å². The lowest BCUT2D eigenvalue weighted by Gasteiger charge is -2.17. The summed E-state index contributed by atoms with van der Waals surface area (Å²) in [5, 5.41) is 3.38. The summed E-state index contributed by atoms with van der Waals surface area (Å²) in [6.45, 7) is 10.6. The molecule has 2 heterocycles. The summed E-state index contributed by atoms with van der Waals surface area (Å²) in [4.78, 5) is 19.2. The quantitative estimate of drug-likeness (QED) is 0.317. The second-order valence-corrected chi connectivity index (χ2v) is 9.18. The summed E-state index contributed by atoms with van der Waals surface area (Å²) in [6.07, 6.45) is 7.57. The van der Waals surface area contributed by atoms with Crippen LogP contribution in [0.25, 0.3) is 0 Å². The van der Waals surface area contributed by atoms with Crippen LogP contribution in [0.4, 0.5) is 5.82 Å². The molecular weight excluding hydrogens is 414 g/mol. The highest BCUT2D eigenvalue weighted by molar-refractivity contribution is 5.94. The van der Waals surface area contributed by atoms with Gasteiger partial charge in [-0.05, 0) is 69.0 Å². The Morgan fingerprint density at radius 3 is 2.76 bits per heavy atom. The van der Waals surface area contributed by atoms with Gasteiger partial charge in [0.2, 0.25) is 0 Å². The Balaban J connectivity index is 1.42. The Hall–Kier alpha value is -2.60. The number of hydrogen-bond donors (Lipinski definition) is 1. The van der Waals surface area contributed by atoms with Crippen LogP contribution in [-0.2, 0) is 11.3 Å². The molecule has 6 nitrogen and oxygen atoms in total. The minimum absolute atomic E-state index is 0.152. The SMILES string of the molecule is CCCCCCOc1ccc(CN2CC[C@@H](CNc3ncccc3C(=O)OC(C)C)C2)cc1. The van der Waals surface area contributed by atoms with Crippen LogP contribution in [0.15, 0.2) is 42.6 Å². The maximum absolute atomic E-state index is 12.3. The standard InChI is InChI=1S/C27H39N3O3/c1-4-5-6-7-17-32-24-12-10-22(11-13-24)19-30-16-14-23(20-30)18-29-26-25(9-8-15-28-26)27(31)33-21(2)3/h8-13,15,21,23H,4-7,14,16-20H2,1-3H3,(H,28,29)/t23-/m0/s1. The minimum atomic E-state index is -0.331. The zero-order valence-corrected chi connectivity index (χ0v) is 20.4. The van der Waals surface area contributed by atoms with Crippen molar-refractivity contribution in [3.63, 3.8) is 0 Å². The lowest BCUT2D eigenvalue weighted by atomic mass is 10.1. The lowest BCUT2D eigenvalue weighted by molar-refractivity contribution is 0.0378. The van der Waals surface area contributed by atoms with Crippen molar-refractivity contribution in [3.05, 3.63) is 53.7 Å². The highest BCUT2D eigenvalue weighted by atomic mass is 16.5. The Labute approximate surface area is 198 Å². The molecule has 33 heavy (non-hydrogen) atoms. The second kappa shape index (κ2) is 13.2. The number of carbonyl (C=O) groups excluding carboxylic acids is 1. The largest absolute Gasteiger partial charge is 0.494 e. The van der Waals surface area contributed by atoms with Gasteiger partial charge in [-0.25, -0.2) is 9.78 Å². The van der Waals surface area contributed by atoms with Gasteiger partial charge in [0.15, 0.2) is 0 Å². The van der Waals surface area contributed by atoms with E-state index < -0.39 is 0 Å². The number of ether oxygens (including phenoxy) is 2. The first-order chi connectivity index (χ1) is 16.0. The van der Waals surface area contributed by atoms with Gasteiger partial charge in [-0.3, -0.25) is 4.90 Å². The molecule has 0 radical (unpaired) electrons. The summed E-state index contributed by atoms with van der Waals surface area (Å²) in [5.41, 5.74) is 1.80. The molecule has 0 saturated carbocycles. The first kappa shape index (κ1) is 25.0. The zero-order valence-electron chi connectivity index (χ0n) is 20.4. The smallest absolute Gasteiger partial charge is 0.342 e. The first-order valence-corrected chi connectivity index (χ1v) is 12.4. The third-order valence-corrected chi connectivity index (χ3v) is 5.89. The highest BCUT2D eigenvalue weighted by Crippen LogP contribution is 2.22. The predicted octanol–water partition coefficient (Wildman–Crippen LogP) is 5.54. The molecule has 1 fully saturated rings. The number of carbonyl (C=O) groups is 1. The summed E-state index contributed by atoms with van der Waals surface area (Å²) >= 11 is 0. The summed E-state index contributed by atoms with van der Waals surface area (Å²) < 4.78 is 11.2. The monoisotopic (exact) mass is 453 g/mol. The molecule has 0 spiro atoms. The number of pyridine rings is 1. The molecule has 2 aromatic rings. The molecule has 0 unspecified atom stereocenters. The maximum Gasteiger partial charge on any atom is 0.342 e. The number of rotatable bonds is 13. The van der Waals surface area contributed by atoms with E-state index in [1.165, 1.54) is 24.8 Å². The molecule has 1 atom stereocenters. The summed E-state index contributed by atoms with van der Waals surface area (Å²) in [6, 6.07) is 12.1. The number of nitrogens with zero attached hydrogens (tertiary/aromatic N) is 2. The van der Waals surface area contributed by atoms with Crippen LogP contribution in [0.3, 0.4) is 0 Å². The van der Waals surface area contributed by atoms with Crippen LogP contribution >= 0.6 is 0 Å². The topological polar surface area (TPSA) is 63.7 Å². The van der Waals surface area contributed by atoms with Gasteiger partial charge in [-0.15, -0.1) is 0 Å². The molecule has 1 aromatic carbocycles. The van der Waals surface area contributed by atoms with Gasteiger partial charge in [-0.2, -0.15) is 0 Å². The van der Waals surface area contributed by atoms with E-state index >= 15 is 0 Å². The fourth-order valence-electron chi connectivity index (χ4n) is 4.12. The van der Waals surface area contributed by atoms with E-state index in [-0.39, 0.29) is 12.1 Å². The predicted molar refractivity (Wildman–Crippen MR) is 133 cm³/mol. The number of nitrogens with one attached hydrogen (secondary N) is 1. The van der Waals surface area contributed by atoms with E-state index in [0.29, 0.717) is 17.3 Å². The minimum Gasteiger partial charge on any atom is -0.494 e. The average molecular weight is 454 g/mol. The zero-order chi connectivity index (χ0) is 23.5. The average Bonchev–Trinajstić information content (AvgIpc) is 3.25. The third kappa shape index (κ3) is 8.35. The number of esters is 1. The normalized spacial score (nSPS) is 16.2. The fraction of sp³-hybridized carbons (Fsp3) is 0.556. The number of benzene rings is 1. The fourth-order valence-corrected chi connectivity index (χ4v) is 4.12. The van der Waals surface area contributed by atoms with Gasteiger partial charge < -0.3 is 14.8 Å². The van der Waals surface area contributed by atoms with E-state index in [2.05, 4.69) is 46.4 Å². The van der Waals surface area contributed by atoms with Crippen molar-refractivity contribution in [2.24, 2.45) is 5.92 Å². The molecule has 1 aromatic heterocycles. The summed E-state index contributed by atoms with van der Waals surface area (Å²) in [7, 11) is 0. The Morgan fingerprint density at radius 2 is 2.00 bits per heavy atom. The van der Waals surface area contributed by atoms with Crippen LogP contribution in [0, 0.1) is 5.92 Å². The number of hydrogen-bond acceptors (Lipinski definition) is 6. The molecule has 1 N–H and O–H groups in total. The maximum atomic E-state index is 12.3. The van der Waals surface area contributed by atoms with E-state index in [0.717, 1.165) is 51.4 Å². The molecule has 6 heteroatoms. The molecule has 1 saturated heterocycles. The molecule has 1 aliphatic heterocycles. The van der Waals surface area contributed by atoms with Crippen LogP contribution in [-0.4, -0.2) is 48.2 Å². The van der Waals surface area contributed by atoms with Crippen molar-refractivity contribution in [1.82, 2.24) is 9.88 Å². The van der Waals surface area contributed by atoms with Gasteiger partial charge >= 0.3 is 5.97 Å². The van der Waals surface area contributed by atoms with Crippen molar-refractivity contribution in [1.29, 1.82) is 0 Å². The van der Waals surface area contributed by atoms with Gasteiger partial charge in [0.1, 0.15) is 17.1 Å². The van der Waals surface area contributed by atoms with E-state index in [1.54, 1.807) is 18.3 Å². The molecule has 3 rings (SSSR count). The first-order valence-electron chi connectivity index (χ1n) is 12.4. The Bertz CT molecular complexity index is 854. The Kier molecular flexibility index (Phi) is 10.0.